The Bertz CT molecular complexity index is 2110. The summed E-state index contributed by atoms with van der Waals surface area (Å²) in [5.41, 5.74) is 10.8. The molecule has 0 spiro atoms. The molecule has 3 aromatic heterocycles. The number of rotatable bonds is 6. The van der Waals surface area contributed by atoms with Crippen molar-refractivity contribution in [2.75, 3.05) is 0 Å². The second kappa shape index (κ2) is 14.9. The van der Waals surface area contributed by atoms with Crippen molar-refractivity contribution in [2.45, 2.75) is 59.2 Å². The molecule has 0 atom stereocenters. The Morgan fingerprint density at radius 2 is 1.44 bits per heavy atom. The molecule has 0 amide bonds. The summed E-state index contributed by atoms with van der Waals surface area (Å²) in [7, 11) is -1.23. The Labute approximate surface area is 299 Å². The van der Waals surface area contributed by atoms with Gasteiger partial charge in [-0.25, -0.2) is 0 Å². The number of benzene rings is 4. The summed E-state index contributed by atoms with van der Waals surface area (Å²) < 4.78 is 6.43. The molecule has 0 unspecified atom stereocenters. The van der Waals surface area contributed by atoms with Gasteiger partial charge in [-0.3, -0.25) is 0 Å². The summed E-state index contributed by atoms with van der Waals surface area (Å²) in [5, 5.41) is 3.64. The zero-order valence-electron chi connectivity index (χ0n) is 28.8. The summed E-state index contributed by atoms with van der Waals surface area (Å²) in [6, 6.07) is 42.3. The van der Waals surface area contributed by atoms with E-state index >= 15 is 0 Å². The molecule has 0 aliphatic heterocycles. The van der Waals surface area contributed by atoms with Crippen LogP contribution in [-0.2, 0) is 20.1 Å². The van der Waals surface area contributed by atoms with Crippen LogP contribution in [0.25, 0.3) is 55.6 Å². The summed E-state index contributed by atoms with van der Waals surface area (Å²) in [6.07, 6.45) is 3.90. The van der Waals surface area contributed by atoms with Crippen molar-refractivity contribution < 1.29 is 24.5 Å². The van der Waals surface area contributed by atoms with Crippen LogP contribution in [0.5, 0.6) is 0 Å². The molecule has 3 heterocycles. The fraction of sp³-hybridized carbons (Fsp3) is 0.209. The number of hydrogen-bond donors (Lipinski definition) is 0. The average molecular weight is 823 g/mol. The molecule has 0 bridgehead atoms. The Morgan fingerprint density at radius 1 is 0.667 bits per heavy atom. The van der Waals surface area contributed by atoms with Gasteiger partial charge >= 0.3 is 0 Å². The van der Waals surface area contributed by atoms with E-state index in [0.29, 0.717) is 11.8 Å². The standard InChI is InChI=1S/C29H26NO.C14H16NSi.Ir/c1-18(2)21-12-13-30-27(16-21)22-10-11-24-26-15-23(20-8-6-5-7-9-20)14-25(19(3)4)29(26)31-28(24)17-22;1-16(2,3)13-9-10-14(15-11-13)12-7-5-4-6-8-12;/h5-9,11-19H,1-4H3;4-7,9-11H,1-3H3;/q2*-1;. The van der Waals surface area contributed by atoms with Crippen molar-refractivity contribution in [1.29, 1.82) is 0 Å². The molecule has 0 fully saturated rings. The maximum absolute atomic E-state index is 6.43. The normalized spacial score (nSPS) is 11.4. The molecule has 0 aliphatic carbocycles. The molecule has 0 saturated heterocycles. The van der Waals surface area contributed by atoms with E-state index in [-0.39, 0.29) is 20.1 Å². The first-order chi connectivity index (χ1) is 22.6. The molecular formula is C43H42IrN2OSi-2. The minimum atomic E-state index is -1.23. The van der Waals surface area contributed by atoms with E-state index in [1.54, 1.807) is 0 Å². The second-order valence-corrected chi connectivity index (χ2v) is 18.9. The first-order valence-electron chi connectivity index (χ1n) is 16.5. The molecule has 0 aliphatic rings. The predicted octanol–water partition coefficient (Wildman–Crippen LogP) is 11.5. The van der Waals surface area contributed by atoms with Crippen molar-refractivity contribution in [3.63, 3.8) is 0 Å². The van der Waals surface area contributed by atoms with E-state index in [2.05, 4.69) is 148 Å². The molecular weight excluding hydrogens is 781 g/mol. The Morgan fingerprint density at radius 3 is 2.08 bits per heavy atom. The first kappa shape index (κ1) is 35.2. The van der Waals surface area contributed by atoms with E-state index < -0.39 is 8.07 Å². The van der Waals surface area contributed by atoms with Gasteiger partial charge in [0.1, 0.15) is 5.58 Å². The summed E-state index contributed by atoms with van der Waals surface area (Å²) >= 11 is 0. The molecule has 0 saturated carbocycles. The van der Waals surface area contributed by atoms with E-state index in [9.17, 15) is 0 Å². The van der Waals surface area contributed by atoms with Crippen LogP contribution in [0.3, 0.4) is 0 Å². The molecule has 7 aromatic rings. The van der Waals surface area contributed by atoms with Crippen molar-refractivity contribution in [1.82, 2.24) is 9.97 Å². The second-order valence-electron chi connectivity index (χ2n) is 13.8. The molecule has 0 N–H and O–H groups in total. The Balaban J connectivity index is 0.000000224. The topological polar surface area (TPSA) is 38.9 Å². The van der Waals surface area contributed by atoms with Crippen LogP contribution in [0.1, 0.15) is 50.7 Å². The number of fused-ring (bicyclic) bond motifs is 3. The van der Waals surface area contributed by atoms with Gasteiger partial charge in [0, 0.05) is 32.5 Å². The van der Waals surface area contributed by atoms with Gasteiger partial charge in [-0.2, -0.15) is 0 Å². The van der Waals surface area contributed by atoms with Crippen LogP contribution in [0, 0.1) is 12.1 Å². The van der Waals surface area contributed by atoms with Crippen LogP contribution in [-0.4, -0.2) is 18.0 Å². The smallest absolute Gasteiger partial charge is 0.127 e. The third kappa shape index (κ3) is 7.76. The number of nitrogens with zero attached hydrogens (tertiary/aromatic N) is 2. The molecule has 48 heavy (non-hydrogen) atoms. The summed E-state index contributed by atoms with van der Waals surface area (Å²) in [4.78, 5) is 9.10. The monoisotopic (exact) mass is 823 g/mol. The van der Waals surface area contributed by atoms with E-state index in [1.165, 1.54) is 27.4 Å². The van der Waals surface area contributed by atoms with Crippen molar-refractivity contribution in [3.05, 3.63) is 139 Å². The van der Waals surface area contributed by atoms with Crippen molar-refractivity contribution in [2.24, 2.45) is 0 Å². The van der Waals surface area contributed by atoms with Crippen LogP contribution < -0.4 is 5.19 Å². The zero-order valence-corrected chi connectivity index (χ0v) is 32.2. The van der Waals surface area contributed by atoms with Gasteiger partial charge in [0.25, 0.3) is 0 Å². The van der Waals surface area contributed by atoms with Gasteiger partial charge in [-0.1, -0.05) is 119 Å². The Kier molecular flexibility index (Phi) is 10.9. The number of hydrogen-bond acceptors (Lipinski definition) is 3. The maximum atomic E-state index is 6.43. The van der Waals surface area contributed by atoms with Gasteiger partial charge in [0.15, 0.2) is 0 Å². The fourth-order valence-corrected chi connectivity index (χ4v) is 6.75. The van der Waals surface area contributed by atoms with Crippen LogP contribution in [0.15, 0.2) is 120 Å². The molecule has 1 radical (unpaired) electrons. The third-order valence-electron chi connectivity index (χ3n) is 8.60. The fourth-order valence-electron chi connectivity index (χ4n) is 5.72. The largest absolute Gasteiger partial charge is 0.476 e. The summed E-state index contributed by atoms with van der Waals surface area (Å²) in [5.74, 6) is 0.821. The van der Waals surface area contributed by atoms with E-state index in [4.69, 9.17) is 4.42 Å². The molecule has 3 nitrogen and oxygen atoms in total. The number of furan rings is 1. The molecule has 245 valence electrons. The zero-order chi connectivity index (χ0) is 33.1. The van der Waals surface area contributed by atoms with Crippen LogP contribution >= 0.6 is 0 Å². The maximum Gasteiger partial charge on any atom is 0.127 e. The Hall–Kier alpha value is -4.15. The quantitative estimate of drug-likeness (QED) is 0.124. The van der Waals surface area contributed by atoms with Crippen molar-refractivity contribution in [3.8, 4) is 33.6 Å². The number of pyridine rings is 2. The van der Waals surface area contributed by atoms with Crippen LogP contribution in [0.4, 0.5) is 0 Å². The van der Waals surface area contributed by atoms with E-state index in [1.807, 2.05) is 36.7 Å². The SMILES string of the molecule is CC(C)c1ccnc(-c2[c-]cc3c(c2)oc2c(C(C)C)cc(-c4ccccc4)cc23)c1.C[Si](C)(C)c1ccc(-c2[c-]cccc2)nc1.[Ir]. The average Bonchev–Trinajstić information content (AvgIpc) is 3.46. The molecule has 4 aromatic carbocycles. The van der Waals surface area contributed by atoms with Crippen LogP contribution in [0.2, 0.25) is 19.6 Å². The van der Waals surface area contributed by atoms with Crippen molar-refractivity contribution >= 4 is 35.2 Å². The molecule has 5 heteroatoms. The predicted molar refractivity (Wildman–Crippen MR) is 201 cm³/mol. The van der Waals surface area contributed by atoms with Gasteiger partial charge in [0.05, 0.1) is 13.7 Å². The summed E-state index contributed by atoms with van der Waals surface area (Å²) in [6.45, 7) is 15.8. The minimum Gasteiger partial charge on any atom is -0.476 e. The van der Waals surface area contributed by atoms with Gasteiger partial charge in [-0.15, -0.1) is 53.6 Å². The number of aromatic nitrogens is 2. The minimum absolute atomic E-state index is 0. The third-order valence-corrected chi connectivity index (χ3v) is 10.6. The van der Waals surface area contributed by atoms with E-state index in [0.717, 1.165) is 44.5 Å². The first-order valence-corrected chi connectivity index (χ1v) is 20.0. The van der Waals surface area contributed by atoms with Gasteiger partial charge in [0.2, 0.25) is 0 Å². The van der Waals surface area contributed by atoms with Gasteiger partial charge < -0.3 is 14.4 Å². The molecule has 7 rings (SSSR count). The van der Waals surface area contributed by atoms with Gasteiger partial charge in [-0.05, 0) is 62.6 Å².